The van der Waals surface area contributed by atoms with Crippen LogP contribution in [0.2, 0.25) is 0 Å². The Morgan fingerprint density at radius 2 is 2.09 bits per heavy atom. The molecule has 1 aliphatic rings. The van der Waals surface area contributed by atoms with E-state index in [1.54, 1.807) is 19.5 Å². The number of carbonyl (C=O) groups is 1. The maximum Gasteiger partial charge on any atom is 0.280 e. The molecule has 1 amide bonds. The van der Waals surface area contributed by atoms with Gasteiger partial charge in [0.1, 0.15) is 5.69 Å². The van der Waals surface area contributed by atoms with E-state index in [2.05, 4.69) is 25.3 Å². The average Bonchev–Trinajstić information content (AvgIpc) is 3.60. The number of aromatic nitrogens is 4. The highest BCUT2D eigenvalue weighted by molar-refractivity contribution is 7.92. The Morgan fingerprint density at radius 3 is 2.82 bits per heavy atom. The van der Waals surface area contributed by atoms with E-state index < -0.39 is 21.8 Å². The molecule has 1 N–H and O–H groups in total. The third-order valence-electron chi connectivity index (χ3n) is 5.17. The van der Waals surface area contributed by atoms with Gasteiger partial charge in [0.05, 0.1) is 45.8 Å². The van der Waals surface area contributed by atoms with Crippen LogP contribution in [0.25, 0.3) is 10.6 Å². The fourth-order valence-electron chi connectivity index (χ4n) is 3.30. The van der Waals surface area contributed by atoms with E-state index in [1.165, 1.54) is 35.9 Å². The summed E-state index contributed by atoms with van der Waals surface area (Å²) in [5.74, 6) is -0.00494. The number of methoxy groups -OCH3 is 1. The smallest absolute Gasteiger partial charge is 0.280 e. The van der Waals surface area contributed by atoms with Gasteiger partial charge in [-0.2, -0.15) is 0 Å². The van der Waals surface area contributed by atoms with Gasteiger partial charge in [0, 0.05) is 26.1 Å². The lowest BCUT2D eigenvalue weighted by Gasteiger charge is -2.18. The number of carbonyl (C=O) groups excluding carboxylic acids is 1. The predicted octanol–water partition coefficient (Wildman–Crippen LogP) is 2.84. The molecule has 0 bridgehead atoms. The summed E-state index contributed by atoms with van der Waals surface area (Å²) in [6, 6.07) is 2.49. The van der Waals surface area contributed by atoms with Crippen LogP contribution >= 0.6 is 11.3 Å². The number of rotatable bonds is 11. The van der Waals surface area contributed by atoms with Crippen LogP contribution in [0.4, 0.5) is 0 Å². The molecule has 0 aromatic carbocycles. The zero-order valence-electron chi connectivity index (χ0n) is 18.8. The van der Waals surface area contributed by atoms with Crippen LogP contribution in [0.5, 0.6) is 5.88 Å². The molecule has 3 aromatic heterocycles. The summed E-state index contributed by atoms with van der Waals surface area (Å²) in [6.45, 7) is 2.68. The molecule has 4 rings (SSSR count). The van der Waals surface area contributed by atoms with E-state index >= 15 is 0 Å². The third-order valence-corrected chi connectivity index (χ3v) is 8.45. The number of thiazole rings is 1. The van der Waals surface area contributed by atoms with Gasteiger partial charge in [-0.25, -0.2) is 18.4 Å². The minimum atomic E-state index is -3.38. The zero-order valence-corrected chi connectivity index (χ0v) is 20.4. The number of nitrogens with one attached hydrogen (secondary N) is 1. The molecule has 1 atom stereocenters. The van der Waals surface area contributed by atoms with Gasteiger partial charge in [0.25, 0.3) is 5.91 Å². The second kappa shape index (κ2) is 10.5. The van der Waals surface area contributed by atoms with Gasteiger partial charge in [-0.1, -0.05) is 0 Å². The number of nitrogens with zero attached hydrogens (tertiary/aromatic N) is 4. The van der Waals surface area contributed by atoms with Crippen LogP contribution < -0.4 is 10.1 Å². The van der Waals surface area contributed by atoms with E-state index in [1.807, 2.05) is 6.92 Å². The monoisotopic (exact) mass is 503 g/mol. The highest BCUT2D eigenvalue weighted by Crippen LogP contribution is 2.34. The summed E-state index contributed by atoms with van der Waals surface area (Å²) >= 11 is 1.17. The second-order valence-electron chi connectivity index (χ2n) is 7.67. The van der Waals surface area contributed by atoms with Crippen molar-refractivity contribution in [3.05, 3.63) is 47.6 Å². The fourth-order valence-corrected chi connectivity index (χ4v) is 5.75. The minimum absolute atomic E-state index is 0.223. The van der Waals surface area contributed by atoms with Crippen LogP contribution in [0.3, 0.4) is 0 Å². The predicted molar refractivity (Wildman–Crippen MR) is 125 cm³/mol. The van der Waals surface area contributed by atoms with Gasteiger partial charge in [-0.05, 0) is 38.3 Å². The zero-order chi connectivity index (χ0) is 24.1. The first-order valence-corrected chi connectivity index (χ1v) is 13.2. The average molecular weight is 504 g/mol. The summed E-state index contributed by atoms with van der Waals surface area (Å²) in [5.41, 5.74) is 1.01. The Kier molecular flexibility index (Phi) is 7.49. The number of ether oxygens (including phenoxy) is 2. The van der Waals surface area contributed by atoms with Crippen LogP contribution in [0.1, 0.15) is 47.7 Å². The molecule has 0 spiro atoms. The molecule has 12 heteroatoms. The maximum absolute atomic E-state index is 13.0. The molecule has 180 valence electrons. The molecule has 1 fully saturated rings. The maximum atomic E-state index is 13.0. The normalized spacial score (nSPS) is 14.5. The second-order valence-corrected chi connectivity index (χ2v) is 10.9. The molecule has 0 radical (unpaired) electrons. The van der Waals surface area contributed by atoms with Crippen LogP contribution in [-0.2, 0) is 14.6 Å². The van der Waals surface area contributed by atoms with E-state index in [9.17, 15) is 13.2 Å². The lowest BCUT2D eigenvalue weighted by molar-refractivity contribution is 0.0923. The molecule has 1 unspecified atom stereocenters. The van der Waals surface area contributed by atoms with Crippen molar-refractivity contribution in [3.63, 3.8) is 0 Å². The number of sulfone groups is 1. The summed E-state index contributed by atoms with van der Waals surface area (Å²) in [6.07, 6.45) is 7.89. The minimum Gasteiger partial charge on any atom is -0.477 e. The Hall–Kier alpha value is -2.96. The summed E-state index contributed by atoms with van der Waals surface area (Å²) in [5, 5.41) is 2.83. The Morgan fingerprint density at radius 1 is 1.26 bits per heavy atom. The van der Waals surface area contributed by atoms with Crippen molar-refractivity contribution in [2.75, 3.05) is 20.3 Å². The fraction of sp³-hybridized carbons (Fsp3) is 0.409. The van der Waals surface area contributed by atoms with E-state index in [0.717, 1.165) is 0 Å². The molecule has 10 nitrogen and oxygen atoms in total. The van der Waals surface area contributed by atoms with Gasteiger partial charge in [0.15, 0.2) is 14.8 Å². The highest BCUT2D eigenvalue weighted by Gasteiger charge is 2.37. The van der Waals surface area contributed by atoms with Crippen molar-refractivity contribution >= 4 is 27.1 Å². The van der Waals surface area contributed by atoms with Crippen molar-refractivity contribution in [3.8, 4) is 16.5 Å². The van der Waals surface area contributed by atoms with E-state index in [-0.39, 0.29) is 15.2 Å². The van der Waals surface area contributed by atoms with Crippen molar-refractivity contribution in [1.82, 2.24) is 25.3 Å². The van der Waals surface area contributed by atoms with Crippen molar-refractivity contribution in [2.45, 2.75) is 42.4 Å². The quantitative estimate of drug-likeness (QED) is 0.419. The molecule has 3 heterocycles. The van der Waals surface area contributed by atoms with Crippen LogP contribution in [-0.4, -0.2) is 59.8 Å². The summed E-state index contributed by atoms with van der Waals surface area (Å²) in [4.78, 5) is 30.9. The molecule has 0 saturated heterocycles. The van der Waals surface area contributed by atoms with Crippen LogP contribution in [0, 0.1) is 0 Å². The molecule has 1 saturated carbocycles. The number of hydrogen-bond acceptors (Lipinski definition) is 10. The van der Waals surface area contributed by atoms with Gasteiger partial charge >= 0.3 is 0 Å². The molecular formula is C22H25N5O5S2. The van der Waals surface area contributed by atoms with E-state index in [0.29, 0.717) is 54.6 Å². The first-order chi connectivity index (χ1) is 16.4. The van der Waals surface area contributed by atoms with Gasteiger partial charge < -0.3 is 14.8 Å². The molecule has 3 aromatic rings. The van der Waals surface area contributed by atoms with Crippen molar-refractivity contribution < 1.29 is 22.7 Å². The van der Waals surface area contributed by atoms with E-state index in [4.69, 9.17) is 9.47 Å². The Balaban J connectivity index is 1.53. The van der Waals surface area contributed by atoms with Crippen molar-refractivity contribution in [1.29, 1.82) is 0 Å². The topological polar surface area (TPSA) is 133 Å². The molecule has 1 aliphatic carbocycles. The Bertz CT molecular complexity index is 1260. The SMILES string of the molecule is CCOc1cncc(-c2cnc(C(=O)NC(CCOC)c3cc(S(=O)(=O)C4CC4)ccn3)s2)n1. The number of pyridine rings is 1. The Labute approximate surface area is 201 Å². The lowest BCUT2D eigenvalue weighted by atomic mass is 10.1. The lowest BCUT2D eigenvalue weighted by Crippen LogP contribution is -2.30. The van der Waals surface area contributed by atoms with Gasteiger partial charge in [-0.3, -0.25) is 14.8 Å². The van der Waals surface area contributed by atoms with Gasteiger partial charge in [-0.15, -0.1) is 11.3 Å². The van der Waals surface area contributed by atoms with Crippen LogP contribution in [0.15, 0.2) is 41.8 Å². The summed E-state index contributed by atoms with van der Waals surface area (Å²) in [7, 11) is -1.82. The largest absolute Gasteiger partial charge is 0.477 e. The molecule has 0 aliphatic heterocycles. The highest BCUT2D eigenvalue weighted by atomic mass is 32.2. The molecular weight excluding hydrogens is 478 g/mol. The standard InChI is InChI=1S/C22H25N5O5S2/c1-3-32-20-13-23-11-18(26-20)19-12-25-22(33-19)21(28)27-16(7-9-31-2)17-10-15(6-8-24-17)34(29,30)14-4-5-14/h6,8,10-14,16H,3-5,7,9H2,1-2H3,(H,27,28). The number of amides is 1. The number of hydrogen-bond donors (Lipinski definition) is 1. The summed E-state index contributed by atoms with van der Waals surface area (Å²) < 4.78 is 35.9. The first-order valence-electron chi connectivity index (χ1n) is 10.8. The third kappa shape index (κ3) is 5.57. The van der Waals surface area contributed by atoms with Crippen molar-refractivity contribution in [2.24, 2.45) is 0 Å². The molecule has 34 heavy (non-hydrogen) atoms. The first kappa shape index (κ1) is 24.2. The van der Waals surface area contributed by atoms with Gasteiger partial charge in [0.2, 0.25) is 5.88 Å².